The van der Waals surface area contributed by atoms with Crippen LogP contribution in [-0.4, -0.2) is 23.4 Å². The molecule has 1 amide bonds. The van der Waals surface area contributed by atoms with Crippen LogP contribution >= 0.6 is 23.2 Å². The monoisotopic (exact) mass is 338 g/mol. The molecule has 0 spiro atoms. The molecule has 6 heteroatoms. The van der Waals surface area contributed by atoms with Crippen molar-refractivity contribution in [1.82, 2.24) is 4.90 Å². The Morgan fingerprint density at radius 2 is 2.14 bits per heavy atom. The second kappa shape index (κ2) is 6.73. The molecule has 1 aromatic heterocycles. The van der Waals surface area contributed by atoms with Crippen LogP contribution in [0.15, 0.2) is 41.0 Å². The highest BCUT2D eigenvalue weighted by molar-refractivity contribution is 6.35. The fourth-order valence-corrected chi connectivity index (χ4v) is 2.66. The molecule has 4 nitrogen and oxygen atoms in total. The molecule has 0 unspecified atom stereocenters. The Morgan fingerprint density at radius 1 is 1.32 bits per heavy atom. The zero-order valence-corrected chi connectivity index (χ0v) is 13.4. The largest absolute Gasteiger partial charge is 0.468 e. The second-order valence-corrected chi connectivity index (χ2v) is 6.23. The van der Waals surface area contributed by atoms with Crippen molar-refractivity contribution in [2.24, 2.45) is 0 Å². The summed E-state index contributed by atoms with van der Waals surface area (Å²) >= 11 is 12.0. The molecule has 1 heterocycles. The highest BCUT2D eigenvalue weighted by atomic mass is 35.5. The van der Waals surface area contributed by atoms with E-state index in [4.69, 9.17) is 27.6 Å². The van der Waals surface area contributed by atoms with E-state index in [0.717, 1.165) is 18.6 Å². The van der Waals surface area contributed by atoms with Gasteiger partial charge in [0, 0.05) is 11.1 Å². The van der Waals surface area contributed by atoms with Gasteiger partial charge in [0.05, 0.1) is 30.1 Å². The molecule has 0 saturated heterocycles. The van der Waals surface area contributed by atoms with Gasteiger partial charge in [-0.1, -0.05) is 23.2 Å². The molecule has 22 heavy (non-hydrogen) atoms. The lowest BCUT2D eigenvalue weighted by Crippen LogP contribution is -2.34. The van der Waals surface area contributed by atoms with Crippen LogP contribution in [0.3, 0.4) is 0 Å². The van der Waals surface area contributed by atoms with E-state index < -0.39 is 0 Å². The quantitative estimate of drug-likeness (QED) is 0.858. The number of hydrogen-bond donors (Lipinski definition) is 1. The van der Waals surface area contributed by atoms with Crippen molar-refractivity contribution in [3.05, 3.63) is 52.4 Å². The van der Waals surface area contributed by atoms with Gasteiger partial charge in [-0.25, -0.2) is 0 Å². The van der Waals surface area contributed by atoms with Crippen molar-refractivity contribution in [2.45, 2.75) is 25.4 Å². The zero-order valence-electron chi connectivity index (χ0n) is 11.9. The van der Waals surface area contributed by atoms with Crippen molar-refractivity contribution in [2.75, 3.05) is 11.9 Å². The number of anilines is 1. The Balaban J connectivity index is 1.62. The summed E-state index contributed by atoms with van der Waals surface area (Å²) in [5, 5.41) is 3.83. The summed E-state index contributed by atoms with van der Waals surface area (Å²) < 4.78 is 5.36. The van der Waals surface area contributed by atoms with Crippen LogP contribution in [-0.2, 0) is 11.3 Å². The van der Waals surface area contributed by atoms with Crippen LogP contribution in [0, 0.1) is 0 Å². The fourth-order valence-electron chi connectivity index (χ4n) is 2.32. The van der Waals surface area contributed by atoms with Gasteiger partial charge >= 0.3 is 0 Å². The minimum atomic E-state index is -0.109. The topological polar surface area (TPSA) is 45.5 Å². The molecule has 1 aliphatic carbocycles. The van der Waals surface area contributed by atoms with E-state index in [0.29, 0.717) is 34.9 Å². The van der Waals surface area contributed by atoms with Gasteiger partial charge in [-0.2, -0.15) is 0 Å². The number of carbonyl (C=O) groups excluding carboxylic acids is 1. The number of nitrogens with zero attached hydrogens (tertiary/aromatic N) is 1. The lowest BCUT2D eigenvalue weighted by Gasteiger charge is -2.20. The first kappa shape index (κ1) is 15.4. The summed E-state index contributed by atoms with van der Waals surface area (Å²) in [6.07, 6.45) is 3.88. The maximum absolute atomic E-state index is 12.3. The first-order chi connectivity index (χ1) is 10.6. The second-order valence-electron chi connectivity index (χ2n) is 5.39. The van der Waals surface area contributed by atoms with Crippen LogP contribution in [0.5, 0.6) is 0 Å². The van der Waals surface area contributed by atoms with Crippen LogP contribution in [0.4, 0.5) is 5.69 Å². The van der Waals surface area contributed by atoms with E-state index in [9.17, 15) is 4.79 Å². The van der Waals surface area contributed by atoms with Crippen LogP contribution in [0.25, 0.3) is 0 Å². The van der Waals surface area contributed by atoms with E-state index >= 15 is 0 Å². The summed E-state index contributed by atoms with van der Waals surface area (Å²) in [4.78, 5) is 14.4. The standard InChI is InChI=1S/C16H16Cl2N2O2/c17-11-3-6-14(18)15(8-11)19-16(21)10-20(12-4-5-12)9-13-2-1-7-22-13/h1-3,6-8,12H,4-5,9-10H2,(H,19,21). The number of nitrogens with one attached hydrogen (secondary N) is 1. The normalized spacial score (nSPS) is 14.3. The highest BCUT2D eigenvalue weighted by Gasteiger charge is 2.30. The van der Waals surface area contributed by atoms with E-state index in [1.165, 1.54) is 0 Å². The minimum absolute atomic E-state index is 0.109. The van der Waals surface area contributed by atoms with E-state index in [2.05, 4.69) is 10.2 Å². The van der Waals surface area contributed by atoms with Gasteiger partial charge in [-0.3, -0.25) is 9.69 Å². The van der Waals surface area contributed by atoms with Crippen LogP contribution < -0.4 is 5.32 Å². The number of carbonyl (C=O) groups is 1. The lowest BCUT2D eigenvalue weighted by molar-refractivity contribution is -0.117. The first-order valence-corrected chi connectivity index (χ1v) is 7.89. The first-order valence-electron chi connectivity index (χ1n) is 7.13. The van der Waals surface area contributed by atoms with Gasteiger partial charge in [-0.05, 0) is 43.2 Å². The number of benzene rings is 1. The maximum Gasteiger partial charge on any atom is 0.238 e. The molecular formula is C16H16Cl2N2O2. The molecule has 1 fully saturated rings. The Kier molecular flexibility index (Phi) is 4.71. The van der Waals surface area contributed by atoms with E-state index in [1.54, 1.807) is 24.5 Å². The van der Waals surface area contributed by atoms with Gasteiger partial charge in [0.1, 0.15) is 5.76 Å². The van der Waals surface area contributed by atoms with Gasteiger partial charge < -0.3 is 9.73 Å². The SMILES string of the molecule is O=C(CN(Cc1ccco1)C1CC1)Nc1cc(Cl)ccc1Cl. The predicted octanol–water partition coefficient (Wildman–Crippen LogP) is 4.19. The number of hydrogen-bond acceptors (Lipinski definition) is 3. The molecule has 0 atom stereocenters. The summed E-state index contributed by atoms with van der Waals surface area (Å²) in [5.74, 6) is 0.753. The van der Waals surface area contributed by atoms with Gasteiger partial charge in [0.15, 0.2) is 0 Å². The van der Waals surface area contributed by atoms with Crippen molar-refractivity contribution in [1.29, 1.82) is 0 Å². The number of rotatable bonds is 6. The Labute approximate surface area is 139 Å². The third-order valence-electron chi connectivity index (χ3n) is 3.55. The third kappa shape index (κ3) is 4.03. The van der Waals surface area contributed by atoms with Gasteiger partial charge in [-0.15, -0.1) is 0 Å². The Bertz CT molecular complexity index is 654. The van der Waals surface area contributed by atoms with Crippen molar-refractivity contribution in [3.63, 3.8) is 0 Å². The van der Waals surface area contributed by atoms with E-state index in [1.807, 2.05) is 12.1 Å². The van der Waals surface area contributed by atoms with Gasteiger partial charge in [0.2, 0.25) is 5.91 Å². The van der Waals surface area contributed by atoms with Crippen LogP contribution in [0.1, 0.15) is 18.6 Å². The predicted molar refractivity (Wildman–Crippen MR) is 87.2 cm³/mol. The molecule has 1 aromatic carbocycles. The summed E-state index contributed by atoms with van der Waals surface area (Å²) in [5.41, 5.74) is 0.535. The Hall–Kier alpha value is -1.49. The van der Waals surface area contributed by atoms with Crippen molar-refractivity contribution >= 4 is 34.8 Å². The molecule has 0 aliphatic heterocycles. The molecule has 0 bridgehead atoms. The Morgan fingerprint density at radius 3 is 2.82 bits per heavy atom. The van der Waals surface area contributed by atoms with Crippen molar-refractivity contribution in [3.8, 4) is 0 Å². The zero-order chi connectivity index (χ0) is 15.5. The molecular weight excluding hydrogens is 323 g/mol. The minimum Gasteiger partial charge on any atom is -0.468 e. The number of halogens is 2. The molecule has 3 rings (SSSR count). The highest BCUT2D eigenvalue weighted by Crippen LogP contribution is 2.29. The fraction of sp³-hybridized carbons (Fsp3) is 0.312. The molecule has 1 aliphatic rings. The lowest BCUT2D eigenvalue weighted by atomic mass is 10.3. The summed E-state index contributed by atoms with van der Waals surface area (Å²) in [6, 6.07) is 9.22. The molecule has 0 radical (unpaired) electrons. The molecule has 1 N–H and O–H groups in total. The average Bonchev–Trinajstić information content (AvgIpc) is 3.20. The smallest absolute Gasteiger partial charge is 0.238 e. The third-order valence-corrected chi connectivity index (χ3v) is 4.12. The molecule has 1 saturated carbocycles. The maximum atomic E-state index is 12.3. The molecule has 2 aromatic rings. The van der Waals surface area contributed by atoms with Gasteiger partial charge in [0.25, 0.3) is 0 Å². The molecule has 116 valence electrons. The summed E-state index contributed by atoms with van der Waals surface area (Å²) in [7, 11) is 0. The van der Waals surface area contributed by atoms with Crippen LogP contribution in [0.2, 0.25) is 10.0 Å². The van der Waals surface area contributed by atoms with Crippen molar-refractivity contribution < 1.29 is 9.21 Å². The number of furan rings is 1. The number of amides is 1. The average molecular weight is 339 g/mol. The summed E-state index contributed by atoms with van der Waals surface area (Å²) in [6.45, 7) is 0.933. The van der Waals surface area contributed by atoms with E-state index in [-0.39, 0.29) is 5.91 Å².